The van der Waals surface area contributed by atoms with Crippen molar-refractivity contribution in [3.05, 3.63) is 66.5 Å². The fourth-order valence-electron chi connectivity index (χ4n) is 3.88. The largest absolute Gasteiger partial charge is 0.353 e. The van der Waals surface area contributed by atoms with Crippen molar-refractivity contribution in [2.45, 2.75) is 6.92 Å². The van der Waals surface area contributed by atoms with Crippen molar-refractivity contribution in [1.82, 2.24) is 29.2 Å². The minimum Gasteiger partial charge on any atom is -0.353 e. The Morgan fingerprint density at radius 1 is 1.03 bits per heavy atom. The molecule has 0 unspecified atom stereocenters. The lowest BCUT2D eigenvalue weighted by Crippen LogP contribution is -2.48. The molecular weight excluding hydrogens is 404 g/mol. The number of fused-ring (bicyclic) bond motifs is 1. The van der Waals surface area contributed by atoms with E-state index in [1.165, 1.54) is 0 Å². The summed E-state index contributed by atoms with van der Waals surface area (Å²) in [7, 11) is 0. The zero-order valence-corrected chi connectivity index (χ0v) is 17.5. The Bertz CT molecular complexity index is 1350. The monoisotopic (exact) mass is 424 g/mol. The zero-order valence-electron chi connectivity index (χ0n) is 17.5. The number of imidazole rings is 1. The van der Waals surface area contributed by atoms with Gasteiger partial charge in [0.2, 0.25) is 5.91 Å². The van der Waals surface area contributed by atoms with Gasteiger partial charge in [0, 0.05) is 51.1 Å². The highest BCUT2D eigenvalue weighted by molar-refractivity contribution is 5.76. The van der Waals surface area contributed by atoms with Crippen molar-refractivity contribution in [1.29, 1.82) is 0 Å². The molecule has 0 saturated carbocycles. The molecule has 4 aromatic rings. The average molecular weight is 424 g/mol. The number of hydrogen-bond acceptors (Lipinski definition) is 6. The van der Waals surface area contributed by atoms with Crippen LogP contribution in [-0.2, 0) is 4.79 Å². The third-order valence-electron chi connectivity index (χ3n) is 5.62. The van der Waals surface area contributed by atoms with Gasteiger partial charge >= 0.3 is 0 Å². The topological polar surface area (TPSA) is 83.9 Å². The molecule has 1 aliphatic heterocycles. The first-order valence-corrected chi connectivity index (χ1v) is 10.3. The fourth-order valence-corrected chi connectivity index (χ4v) is 3.88. The second-order valence-electron chi connectivity index (χ2n) is 7.50. The lowest BCUT2D eigenvalue weighted by Gasteiger charge is -2.34. The molecule has 0 spiro atoms. The van der Waals surface area contributed by atoms with Crippen LogP contribution in [0, 0.1) is 6.57 Å². The van der Waals surface area contributed by atoms with Gasteiger partial charge in [0.15, 0.2) is 17.2 Å². The van der Waals surface area contributed by atoms with Crippen LogP contribution in [0.5, 0.6) is 0 Å². The van der Waals surface area contributed by atoms with Crippen molar-refractivity contribution in [3.63, 3.8) is 0 Å². The van der Waals surface area contributed by atoms with Gasteiger partial charge in [-0.1, -0.05) is 24.3 Å². The second-order valence-corrected chi connectivity index (χ2v) is 7.50. The van der Waals surface area contributed by atoms with Gasteiger partial charge in [-0.25, -0.2) is 19.8 Å². The van der Waals surface area contributed by atoms with E-state index in [0.717, 1.165) is 30.2 Å². The van der Waals surface area contributed by atoms with E-state index in [4.69, 9.17) is 11.6 Å². The average Bonchev–Trinajstić information content (AvgIpc) is 3.27. The van der Waals surface area contributed by atoms with E-state index >= 15 is 0 Å². The van der Waals surface area contributed by atoms with Gasteiger partial charge in [-0.2, -0.15) is 0 Å². The molecule has 1 fully saturated rings. The number of benzene rings is 1. The van der Waals surface area contributed by atoms with Crippen LogP contribution in [0.15, 0.2) is 55.1 Å². The summed E-state index contributed by atoms with van der Waals surface area (Å²) in [4.78, 5) is 37.4. The van der Waals surface area contributed by atoms with Crippen molar-refractivity contribution in [3.8, 4) is 22.8 Å². The highest BCUT2D eigenvalue weighted by Gasteiger charge is 2.20. The lowest BCUT2D eigenvalue weighted by atomic mass is 10.1. The van der Waals surface area contributed by atoms with Crippen LogP contribution in [0.4, 0.5) is 11.5 Å². The first-order chi connectivity index (χ1) is 15.6. The molecule has 0 aliphatic carbocycles. The van der Waals surface area contributed by atoms with E-state index < -0.39 is 0 Å². The van der Waals surface area contributed by atoms with E-state index in [0.29, 0.717) is 35.9 Å². The molecule has 0 N–H and O–H groups in total. The van der Waals surface area contributed by atoms with E-state index in [1.54, 1.807) is 31.6 Å². The SMILES string of the molecule is [C-]#[N+]c1ccccc1-c1cn2c(-c3nccc(N4CCN(C(C)=O)CC4)n3)cnc2cn1. The Kier molecular flexibility index (Phi) is 4.95. The highest BCUT2D eigenvalue weighted by Crippen LogP contribution is 2.29. The highest BCUT2D eigenvalue weighted by atomic mass is 16.2. The maximum absolute atomic E-state index is 11.6. The van der Waals surface area contributed by atoms with Crippen molar-refractivity contribution < 1.29 is 4.79 Å². The summed E-state index contributed by atoms with van der Waals surface area (Å²) in [5, 5.41) is 0. The van der Waals surface area contributed by atoms with Gasteiger partial charge in [-0.05, 0) is 6.07 Å². The van der Waals surface area contributed by atoms with Gasteiger partial charge in [-0.15, -0.1) is 0 Å². The van der Waals surface area contributed by atoms with Crippen LogP contribution in [0.1, 0.15) is 6.92 Å². The van der Waals surface area contributed by atoms with Crippen LogP contribution in [0.2, 0.25) is 0 Å². The lowest BCUT2D eigenvalue weighted by molar-refractivity contribution is -0.129. The summed E-state index contributed by atoms with van der Waals surface area (Å²) in [5.41, 5.74) is 3.41. The van der Waals surface area contributed by atoms with Crippen LogP contribution in [0.3, 0.4) is 0 Å². The number of hydrogen-bond donors (Lipinski definition) is 0. The molecule has 1 aliphatic rings. The van der Waals surface area contributed by atoms with Crippen LogP contribution in [-0.4, -0.2) is 61.3 Å². The van der Waals surface area contributed by atoms with Crippen molar-refractivity contribution in [2.24, 2.45) is 0 Å². The van der Waals surface area contributed by atoms with Crippen LogP contribution < -0.4 is 4.90 Å². The third-order valence-corrected chi connectivity index (χ3v) is 5.62. The van der Waals surface area contributed by atoms with E-state index in [2.05, 4.69) is 24.7 Å². The molecule has 0 bridgehead atoms. The summed E-state index contributed by atoms with van der Waals surface area (Å²) >= 11 is 0. The molecule has 3 aromatic heterocycles. The number of anilines is 1. The number of para-hydroxylation sites is 1. The van der Waals surface area contributed by atoms with Crippen LogP contribution in [0.25, 0.3) is 33.3 Å². The van der Waals surface area contributed by atoms with Crippen molar-refractivity contribution >= 4 is 23.1 Å². The second kappa shape index (κ2) is 8.07. The number of rotatable bonds is 3. The smallest absolute Gasteiger partial charge is 0.219 e. The number of amides is 1. The Balaban J connectivity index is 1.50. The minimum atomic E-state index is 0.1000. The quantitative estimate of drug-likeness (QED) is 0.470. The molecule has 4 heterocycles. The molecule has 158 valence electrons. The molecule has 0 radical (unpaired) electrons. The standard InChI is InChI=1S/C23H20N8O/c1-16(32)29-9-11-30(12-10-29)21-7-8-25-23(28-21)20-13-27-22-14-26-19(15-31(20)22)17-5-3-4-6-18(17)24-2/h3-8,13-15H,9-12H2,1H3. The van der Waals surface area contributed by atoms with Gasteiger partial charge < -0.3 is 9.80 Å². The first-order valence-electron chi connectivity index (χ1n) is 10.3. The van der Waals surface area contributed by atoms with E-state index in [-0.39, 0.29) is 5.91 Å². The molecular formula is C23H20N8O. The van der Waals surface area contributed by atoms with Gasteiger partial charge in [0.1, 0.15) is 11.5 Å². The number of piperazine rings is 1. The van der Waals surface area contributed by atoms with Gasteiger partial charge in [0.05, 0.1) is 24.7 Å². The summed E-state index contributed by atoms with van der Waals surface area (Å²) in [6.07, 6.45) is 7.02. The summed E-state index contributed by atoms with van der Waals surface area (Å²) in [5.74, 6) is 1.48. The normalized spacial score (nSPS) is 13.9. The first kappa shape index (κ1) is 19.6. The Hall–Kier alpha value is -4.32. The predicted octanol–water partition coefficient (Wildman–Crippen LogP) is 3.07. The third kappa shape index (κ3) is 3.52. The van der Waals surface area contributed by atoms with Crippen molar-refractivity contribution in [2.75, 3.05) is 31.1 Å². The number of nitrogens with zero attached hydrogens (tertiary/aromatic N) is 8. The molecule has 9 nitrogen and oxygen atoms in total. The van der Waals surface area contributed by atoms with Crippen LogP contribution >= 0.6 is 0 Å². The molecule has 5 rings (SSSR count). The Morgan fingerprint density at radius 3 is 2.62 bits per heavy atom. The summed E-state index contributed by atoms with van der Waals surface area (Å²) in [6, 6.07) is 9.28. The molecule has 1 amide bonds. The van der Waals surface area contributed by atoms with E-state index in [9.17, 15) is 4.79 Å². The van der Waals surface area contributed by atoms with Gasteiger partial charge in [-0.3, -0.25) is 14.2 Å². The Morgan fingerprint density at radius 2 is 1.84 bits per heavy atom. The van der Waals surface area contributed by atoms with Gasteiger partial charge in [0.25, 0.3) is 0 Å². The number of carbonyl (C=O) groups excluding carboxylic acids is 1. The maximum Gasteiger partial charge on any atom is 0.219 e. The maximum atomic E-state index is 11.6. The fraction of sp³-hybridized carbons (Fsp3) is 0.217. The van der Waals surface area contributed by atoms with E-state index in [1.807, 2.05) is 39.8 Å². The Labute approximate surface area is 184 Å². The zero-order chi connectivity index (χ0) is 22.1. The molecule has 1 aromatic carbocycles. The number of carbonyl (C=O) groups is 1. The molecule has 9 heteroatoms. The molecule has 1 saturated heterocycles. The molecule has 32 heavy (non-hydrogen) atoms. The predicted molar refractivity (Wildman–Crippen MR) is 120 cm³/mol. The molecule has 0 atom stereocenters. The number of aromatic nitrogens is 5. The summed E-state index contributed by atoms with van der Waals surface area (Å²) in [6.45, 7) is 11.8. The minimum absolute atomic E-state index is 0.1000. The summed E-state index contributed by atoms with van der Waals surface area (Å²) < 4.78 is 1.90.